The molecule has 0 atom stereocenters. The smallest absolute Gasteiger partial charge is 0.335 e. The molecule has 7 nitrogen and oxygen atoms in total. The zero-order valence-electron chi connectivity index (χ0n) is 14.0. The van der Waals surface area contributed by atoms with E-state index < -0.39 is 5.97 Å². The summed E-state index contributed by atoms with van der Waals surface area (Å²) in [6.45, 7) is 1.82. The number of hydrogen-bond acceptors (Lipinski definition) is 6. The number of phenolic OH excluding ortho intramolecular Hbond substituents is 1. The second kappa shape index (κ2) is 6.51. The molecule has 0 saturated carbocycles. The first kappa shape index (κ1) is 16.1. The first-order valence-corrected chi connectivity index (χ1v) is 8.47. The molecule has 0 spiro atoms. The molecule has 1 aromatic heterocycles. The maximum atomic E-state index is 11.0. The van der Waals surface area contributed by atoms with Gasteiger partial charge in [-0.3, -0.25) is 0 Å². The van der Waals surface area contributed by atoms with Gasteiger partial charge in [0.25, 0.3) is 0 Å². The highest BCUT2D eigenvalue weighted by Crippen LogP contribution is 2.33. The number of nitrogens with one attached hydrogen (secondary N) is 1. The minimum Gasteiger partial charge on any atom is -0.506 e. The molecule has 2 aromatic carbocycles. The monoisotopic (exact) mass is 350 g/mol. The van der Waals surface area contributed by atoms with Crippen molar-refractivity contribution in [3.8, 4) is 5.75 Å². The van der Waals surface area contributed by atoms with Gasteiger partial charge < -0.3 is 20.4 Å². The van der Waals surface area contributed by atoms with E-state index in [1.807, 2.05) is 24.3 Å². The number of carboxylic acid groups (broad SMARTS) is 1. The summed E-state index contributed by atoms with van der Waals surface area (Å²) in [7, 11) is 0. The van der Waals surface area contributed by atoms with Crippen LogP contribution >= 0.6 is 0 Å². The highest BCUT2D eigenvalue weighted by molar-refractivity contribution is 5.90. The Kier molecular flexibility index (Phi) is 4.04. The summed E-state index contributed by atoms with van der Waals surface area (Å²) in [6, 6.07) is 11.8. The van der Waals surface area contributed by atoms with E-state index in [0.717, 1.165) is 42.8 Å². The Morgan fingerprint density at radius 2 is 1.73 bits per heavy atom. The molecule has 0 radical (unpaired) electrons. The Bertz CT molecular complexity index is 984. The van der Waals surface area contributed by atoms with E-state index in [4.69, 9.17) is 10.1 Å². The predicted octanol–water partition coefficient (Wildman–Crippen LogP) is 3.38. The standard InChI is InChI=1S/C19H18N4O3/c24-16-11-12(19(25)26)7-8-15(16)21-17-18(23-9-3-4-10-23)22-14-6-2-1-5-13(14)20-17/h1-2,5-8,11,24H,3-4,9-10H2,(H,20,21)(H,25,26). The first-order valence-electron chi connectivity index (χ1n) is 8.47. The average molecular weight is 350 g/mol. The van der Waals surface area contributed by atoms with Crippen molar-refractivity contribution in [2.24, 2.45) is 0 Å². The molecule has 4 rings (SSSR count). The van der Waals surface area contributed by atoms with Gasteiger partial charge in [0.05, 0.1) is 22.3 Å². The Balaban J connectivity index is 1.77. The number of nitrogens with zero attached hydrogens (tertiary/aromatic N) is 3. The number of phenols is 1. The van der Waals surface area contributed by atoms with Gasteiger partial charge in [-0.05, 0) is 43.2 Å². The molecule has 3 N–H and O–H groups in total. The fraction of sp³-hybridized carbons (Fsp3) is 0.211. The summed E-state index contributed by atoms with van der Waals surface area (Å²) in [5.74, 6) is 0.0502. The molecule has 1 saturated heterocycles. The molecular formula is C19H18N4O3. The van der Waals surface area contributed by atoms with Crippen LogP contribution in [0.5, 0.6) is 5.75 Å². The third-order valence-electron chi connectivity index (χ3n) is 4.46. The number of para-hydroxylation sites is 2. The second-order valence-electron chi connectivity index (χ2n) is 6.24. The molecule has 2 heterocycles. The fourth-order valence-corrected chi connectivity index (χ4v) is 3.12. The number of fused-ring (bicyclic) bond motifs is 1. The third-order valence-corrected chi connectivity index (χ3v) is 4.46. The van der Waals surface area contributed by atoms with E-state index in [0.29, 0.717) is 11.5 Å². The van der Waals surface area contributed by atoms with Crippen molar-refractivity contribution in [1.29, 1.82) is 0 Å². The van der Waals surface area contributed by atoms with Gasteiger partial charge in [0.1, 0.15) is 5.75 Å². The van der Waals surface area contributed by atoms with E-state index in [-0.39, 0.29) is 11.3 Å². The summed E-state index contributed by atoms with van der Waals surface area (Å²) in [6.07, 6.45) is 2.21. The second-order valence-corrected chi connectivity index (χ2v) is 6.24. The molecular weight excluding hydrogens is 332 g/mol. The minimum atomic E-state index is -1.09. The van der Waals surface area contributed by atoms with Crippen LogP contribution in [0, 0.1) is 0 Å². The molecule has 132 valence electrons. The number of rotatable bonds is 4. The summed E-state index contributed by atoms with van der Waals surface area (Å²) in [4.78, 5) is 22.6. The van der Waals surface area contributed by atoms with Gasteiger partial charge in [0, 0.05) is 13.1 Å². The number of carboxylic acids is 1. The molecule has 0 amide bonds. The zero-order chi connectivity index (χ0) is 18.1. The molecule has 3 aromatic rings. The summed E-state index contributed by atoms with van der Waals surface area (Å²) >= 11 is 0. The molecule has 0 aliphatic carbocycles. The summed E-state index contributed by atoms with van der Waals surface area (Å²) in [5, 5.41) is 22.3. The Morgan fingerprint density at radius 3 is 2.38 bits per heavy atom. The molecule has 0 unspecified atom stereocenters. The quantitative estimate of drug-likeness (QED) is 0.620. The lowest BCUT2D eigenvalue weighted by Gasteiger charge is -2.21. The van der Waals surface area contributed by atoms with Gasteiger partial charge in [-0.2, -0.15) is 0 Å². The molecule has 7 heteroatoms. The highest BCUT2D eigenvalue weighted by Gasteiger charge is 2.20. The molecule has 26 heavy (non-hydrogen) atoms. The minimum absolute atomic E-state index is 0.0254. The lowest BCUT2D eigenvalue weighted by atomic mass is 10.2. The molecule has 1 fully saturated rings. The van der Waals surface area contributed by atoms with E-state index in [9.17, 15) is 9.90 Å². The largest absolute Gasteiger partial charge is 0.506 e. The maximum absolute atomic E-state index is 11.0. The van der Waals surface area contributed by atoms with Gasteiger partial charge in [-0.15, -0.1) is 0 Å². The number of anilines is 3. The van der Waals surface area contributed by atoms with Crippen LogP contribution in [0.25, 0.3) is 11.0 Å². The van der Waals surface area contributed by atoms with Crippen LogP contribution < -0.4 is 10.2 Å². The SMILES string of the molecule is O=C(O)c1ccc(Nc2nc3ccccc3nc2N2CCCC2)c(O)c1. The van der Waals surface area contributed by atoms with Crippen molar-refractivity contribution in [2.75, 3.05) is 23.3 Å². The molecule has 1 aliphatic heterocycles. The normalized spacial score (nSPS) is 13.9. The van der Waals surface area contributed by atoms with Crippen LogP contribution in [-0.2, 0) is 0 Å². The van der Waals surface area contributed by atoms with Gasteiger partial charge in [-0.25, -0.2) is 14.8 Å². The van der Waals surface area contributed by atoms with E-state index >= 15 is 0 Å². The number of benzene rings is 2. The number of carbonyl (C=O) groups is 1. The van der Waals surface area contributed by atoms with Crippen molar-refractivity contribution in [2.45, 2.75) is 12.8 Å². The zero-order valence-corrected chi connectivity index (χ0v) is 14.0. The van der Waals surface area contributed by atoms with Gasteiger partial charge in [-0.1, -0.05) is 12.1 Å². The Morgan fingerprint density at radius 1 is 1.04 bits per heavy atom. The Hall–Kier alpha value is -3.35. The van der Waals surface area contributed by atoms with Crippen molar-refractivity contribution < 1.29 is 15.0 Å². The first-order chi connectivity index (χ1) is 12.6. The van der Waals surface area contributed by atoms with Crippen LogP contribution in [0.3, 0.4) is 0 Å². The number of aromatic hydroxyl groups is 1. The fourth-order valence-electron chi connectivity index (χ4n) is 3.12. The average Bonchev–Trinajstić information content (AvgIpc) is 3.17. The lowest BCUT2D eigenvalue weighted by molar-refractivity contribution is 0.0696. The highest BCUT2D eigenvalue weighted by atomic mass is 16.4. The van der Waals surface area contributed by atoms with Crippen molar-refractivity contribution in [3.05, 3.63) is 48.0 Å². The summed E-state index contributed by atoms with van der Waals surface area (Å²) in [5.41, 5.74) is 1.97. The molecule has 1 aliphatic rings. The number of hydrogen-bond donors (Lipinski definition) is 3. The topological polar surface area (TPSA) is 98.6 Å². The van der Waals surface area contributed by atoms with Crippen LogP contribution in [0.4, 0.5) is 17.3 Å². The van der Waals surface area contributed by atoms with Crippen molar-refractivity contribution in [3.63, 3.8) is 0 Å². The Labute approximate surface area is 149 Å². The van der Waals surface area contributed by atoms with E-state index in [1.54, 1.807) is 0 Å². The van der Waals surface area contributed by atoms with Crippen LogP contribution in [0.1, 0.15) is 23.2 Å². The number of aromatic nitrogens is 2. The van der Waals surface area contributed by atoms with E-state index in [1.165, 1.54) is 18.2 Å². The number of aromatic carboxylic acids is 1. The van der Waals surface area contributed by atoms with Gasteiger partial charge in [0.15, 0.2) is 11.6 Å². The van der Waals surface area contributed by atoms with Gasteiger partial charge in [0.2, 0.25) is 0 Å². The summed E-state index contributed by atoms with van der Waals surface area (Å²) < 4.78 is 0. The maximum Gasteiger partial charge on any atom is 0.335 e. The predicted molar refractivity (Wildman–Crippen MR) is 99.3 cm³/mol. The third kappa shape index (κ3) is 2.99. The van der Waals surface area contributed by atoms with Gasteiger partial charge >= 0.3 is 5.97 Å². The van der Waals surface area contributed by atoms with Crippen LogP contribution in [0.2, 0.25) is 0 Å². The van der Waals surface area contributed by atoms with Crippen molar-refractivity contribution >= 4 is 34.3 Å². The van der Waals surface area contributed by atoms with Crippen molar-refractivity contribution in [1.82, 2.24) is 9.97 Å². The van der Waals surface area contributed by atoms with E-state index in [2.05, 4.69) is 15.2 Å². The van der Waals surface area contributed by atoms with Crippen LogP contribution in [0.15, 0.2) is 42.5 Å². The lowest BCUT2D eigenvalue weighted by Crippen LogP contribution is -2.21. The van der Waals surface area contributed by atoms with Crippen LogP contribution in [-0.4, -0.2) is 39.2 Å². The molecule has 0 bridgehead atoms.